The smallest absolute Gasteiger partial charge is 0.249 e. The maximum Gasteiger partial charge on any atom is 0.249 e. The highest BCUT2D eigenvalue weighted by Crippen LogP contribution is 2.29. The van der Waals surface area contributed by atoms with Gasteiger partial charge in [0, 0.05) is 22.9 Å². The van der Waals surface area contributed by atoms with Gasteiger partial charge in [0.05, 0.1) is 5.56 Å². The number of carbonyl (C=O) groups excluding carboxylic acids is 1. The van der Waals surface area contributed by atoms with E-state index in [1.807, 2.05) is 0 Å². The number of nitrogens with two attached hydrogens (primary N) is 2. The maximum absolute atomic E-state index is 11.1. The third-order valence-corrected chi connectivity index (χ3v) is 3.10. The monoisotopic (exact) mass is 226 g/mol. The van der Waals surface area contributed by atoms with Crippen LogP contribution in [0.15, 0.2) is 23.1 Å². The van der Waals surface area contributed by atoms with E-state index in [9.17, 15) is 4.79 Å². The number of aliphatic hydroxyl groups is 1. The molecule has 15 heavy (non-hydrogen) atoms. The van der Waals surface area contributed by atoms with Crippen LogP contribution in [0.3, 0.4) is 0 Å². The molecule has 0 aliphatic carbocycles. The van der Waals surface area contributed by atoms with Gasteiger partial charge in [-0.05, 0) is 18.6 Å². The standard InChI is InChI=1S/C10H14N2O2S/c11-8-4-1-3-7(10(12)14)9(8)15-6-2-5-13/h1,3-4,13H,2,5-6,11H2,(H2,12,14). The van der Waals surface area contributed by atoms with E-state index >= 15 is 0 Å². The Hall–Kier alpha value is -1.20. The Kier molecular flexibility index (Phi) is 4.45. The average Bonchev–Trinajstić information content (AvgIpc) is 2.20. The molecule has 5 N–H and O–H groups in total. The van der Waals surface area contributed by atoms with Crippen LogP contribution in [-0.2, 0) is 0 Å². The molecule has 0 heterocycles. The summed E-state index contributed by atoms with van der Waals surface area (Å²) in [6.45, 7) is 0.131. The number of benzene rings is 1. The van der Waals surface area contributed by atoms with Crippen molar-refractivity contribution in [2.75, 3.05) is 18.1 Å². The van der Waals surface area contributed by atoms with E-state index < -0.39 is 5.91 Å². The number of primary amides is 1. The van der Waals surface area contributed by atoms with E-state index in [0.717, 1.165) is 0 Å². The fraction of sp³-hybridized carbons (Fsp3) is 0.300. The Balaban J connectivity index is 2.87. The van der Waals surface area contributed by atoms with E-state index in [2.05, 4.69) is 0 Å². The first kappa shape index (κ1) is 11.9. The van der Waals surface area contributed by atoms with Crippen LogP contribution < -0.4 is 11.5 Å². The second-order valence-electron chi connectivity index (χ2n) is 3.01. The lowest BCUT2D eigenvalue weighted by atomic mass is 10.2. The van der Waals surface area contributed by atoms with Gasteiger partial charge in [-0.15, -0.1) is 11.8 Å². The van der Waals surface area contributed by atoms with Crippen molar-refractivity contribution >= 4 is 23.4 Å². The van der Waals surface area contributed by atoms with Crippen LogP contribution in [0.1, 0.15) is 16.8 Å². The normalized spacial score (nSPS) is 10.2. The summed E-state index contributed by atoms with van der Waals surface area (Å²) in [6.07, 6.45) is 0.664. The van der Waals surface area contributed by atoms with Gasteiger partial charge in [0.25, 0.3) is 0 Å². The van der Waals surface area contributed by atoms with Gasteiger partial charge in [-0.1, -0.05) is 6.07 Å². The third-order valence-electron chi connectivity index (χ3n) is 1.86. The molecule has 0 aliphatic heterocycles. The van der Waals surface area contributed by atoms with E-state index in [-0.39, 0.29) is 6.61 Å². The van der Waals surface area contributed by atoms with E-state index in [0.29, 0.717) is 28.3 Å². The zero-order valence-corrected chi connectivity index (χ0v) is 9.09. The number of rotatable bonds is 5. The molecule has 1 amide bonds. The van der Waals surface area contributed by atoms with Crippen molar-refractivity contribution < 1.29 is 9.90 Å². The first-order valence-corrected chi connectivity index (χ1v) is 5.57. The number of carbonyl (C=O) groups is 1. The molecule has 0 bridgehead atoms. The third kappa shape index (κ3) is 3.14. The van der Waals surface area contributed by atoms with Crippen LogP contribution in [-0.4, -0.2) is 23.4 Å². The summed E-state index contributed by atoms with van der Waals surface area (Å²) < 4.78 is 0. The molecule has 0 fully saturated rings. The molecule has 1 rings (SSSR count). The number of aliphatic hydroxyl groups excluding tert-OH is 1. The van der Waals surface area contributed by atoms with Gasteiger partial charge >= 0.3 is 0 Å². The minimum Gasteiger partial charge on any atom is -0.398 e. The predicted molar refractivity (Wildman–Crippen MR) is 61.8 cm³/mol. The second kappa shape index (κ2) is 5.63. The topological polar surface area (TPSA) is 89.3 Å². The maximum atomic E-state index is 11.1. The van der Waals surface area contributed by atoms with Crippen molar-refractivity contribution in [1.29, 1.82) is 0 Å². The lowest BCUT2D eigenvalue weighted by Crippen LogP contribution is -2.13. The van der Waals surface area contributed by atoms with Gasteiger partial charge in [0.2, 0.25) is 5.91 Å². The molecule has 0 unspecified atom stereocenters. The molecule has 0 atom stereocenters. The molecule has 0 radical (unpaired) electrons. The summed E-state index contributed by atoms with van der Waals surface area (Å²) >= 11 is 1.44. The zero-order chi connectivity index (χ0) is 11.3. The zero-order valence-electron chi connectivity index (χ0n) is 8.27. The molecule has 0 spiro atoms. The minimum absolute atomic E-state index is 0.131. The van der Waals surface area contributed by atoms with Crippen molar-refractivity contribution in [3.8, 4) is 0 Å². The first-order chi connectivity index (χ1) is 7.16. The minimum atomic E-state index is -0.478. The highest BCUT2D eigenvalue weighted by atomic mass is 32.2. The SMILES string of the molecule is NC(=O)c1cccc(N)c1SCCCO. The van der Waals surface area contributed by atoms with Gasteiger partial charge in [-0.3, -0.25) is 4.79 Å². The highest BCUT2D eigenvalue weighted by molar-refractivity contribution is 7.99. The van der Waals surface area contributed by atoms with Crippen molar-refractivity contribution in [3.63, 3.8) is 0 Å². The number of nitrogen functional groups attached to an aromatic ring is 1. The lowest BCUT2D eigenvalue weighted by Gasteiger charge is -2.08. The molecule has 0 aromatic heterocycles. The van der Waals surface area contributed by atoms with E-state index in [4.69, 9.17) is 16.6 Å². The van der Waals surface area contributed by atoms with Crippen molar-refractivity contribution in [1.82, 2.24) is 0 Å². The molecule has 4 nitrogen and oxygen atoms in total. The molecular weight excluding hydrogens is 212 g/mol. The molecular formula is C10H14N2O2S. The van der Waals surface area contributed by atoms with Crippen molar-refractivity contribution in [2.45, 2.75) is 11.3 Å². The Labute approximate surface area is 92.6 Å². The van der Waals surface area contributed by atoms with Crippen LogP contribution in [0.25, 0.3) is 0 Å². The van der Waals surface area contributed by atoms with Crippen LogP contribution in [0.2, 0.25) is 0 Å². The van der Waals surface area contributed by atoms with Crippen LogP contribution in [0, 0.1) is 0 Å². The van der Waals surface area contributed by atoms with Gasteiger partial charge in [0.1, 0.15) is 0 Å². The molecule has 0 aliphatic rings. The largest absolute Gasteiger partial charge is 0.398 e. The Morgan fingerprint density at radius 1 is 1.47 bits per heavy atom. The fourth-order valence-electron chi connectivity index (χ4n) is 1.15. The first-order valence-electron chi connectivity index (χ1n) is 4.58. The Morgan fingerprint density at radius 3 is 2.80 bits per heavy atom. The highest BCUT2D eigenvalue weighted by Gasteiger charge is 2.10. The van der Waals surface area contributed by atoms with Crippen LogP contribution in [0.5, 0.6) is 0 Å². The Bertz CT molecular complexity index is 355. The molecule has 1 aromatic rings. The summed E-state index contributed by atoms with van der Waals surface area (Å²) in [6, 6.07) is 5.08. The van der Waals surface area contributed by atoms with Crippen molar-refractivity contribution in [2.24, 2.45) is 5.73 Å². The number of anilines is 1. The Morgan fingerprint density at radius 2 is 2.20 bits per heavy atom. The van der Waals surface area contributed by atoms with Crippen LogP contribution in [0.4, 0.5) is 5.69 Å². The van der Waals surface area contributed by atoms with Gasteiger partial charge < -0.3 is 16.6 Å². The lowest BCUT2D eigenvalue weighted by molar-refractivity contribution is 0.0997. The second-order valence-corrected chi connectivity index (χ2v) is 4.12. The molecule has 0 saturated carbocycles. The summed E-state index contributed by atoms with van der Waals surface area (Å²) in [7, 11) is 0. The summed E-state index contributed by atoms with van der Waals surface area (Å²) in [5, 5.41) is 8.66. The summed E-state index contributed by atoms with van der Waals surface area (Å²) in [4.78, 5) is 11.8. The number of hydrogen-bond acceptors (Lipinski definition) is 4. The quantitative estimate of drug-likeness (QED) is 0.394. The van der Waals surface area contributed by atoms with Crippen molar-refractivity contribution in [3.05, 3.63) is 23.8 Å². The number of thioether (sulfide) groups is 1. The molecule has 1 aromatic carbocycles. The average molecular weight is 226 g/mol. The summed E-state index contributed by atoms with van der Waals surface area (Å²) in [5.41, 5.74) is 12.0. The molecule has 5 heteroatoms. The molecule has 82 valence electrons. The van der Waals surface area contributed by atoms with Gasteiger partial charge in [0.15, 0.2) is 0 Å². The van der Waals surface area contributed by atoms with E-state index in [1.165, 1.54) is 11.8 Å². The molecule has 0 saturated heterocycles. The van der Waals surface area contributed by atoms with Gasteiger partial charge in [-0.25, -0.2) is 0 Å². The summed E-state index contributed by atoms with van der Waals surface area (Å²) in [5.74, 6) is 0.235. The number of hydrogen-bond donors (Lipinski definition) is 3. The van der Waals surface area contributed by atoms with E-state index in [1.54, 1.807) is 18.2 Å². The van der Waals surface area contributed by atoms with Gasteiger partial charge in [-0.2, -0.15) is 0 Å². The predicted octanol–water partition coefficient (Wildman–Crippen LogP) is 0.842. The number of amides is 1. The fourth-order valence-corrected chi connectivity index (χ4v) is 2.19. The van der Waals surface area contributed by atoms with Crippen LogP contribution >= 0.6 is 11.8 Å².